The van der Waals surface area contributed by atoms with Gasteiger partial charge in [-0.05, 0) is 24.7 Å². The summed E-state index contributed by atoms with van der Waals surface area (Å²) in [6.07, 6.45) is 2.05. The van der Waals surface area contributed by atoms with Crippen LogP contribution in [0.1, 0.15) is 33.6 Å². The van der Waals surface area contributed by atoms with Crippen LogP contribution in [0.25, 0.3) is 0 Å². The maximum absolute atomic E-state index is 12.0. The third-order valence-electron chi connectivity index (χ3n) is 3.14. The van der Waals surface area contributed by atoms with Gasteiger partial charge in [0.1, 0.15) is 0 Å². The van der Waals surface area contributed by atoms with Gasteiger partial charge in [0.2, 0.25) is 0 Å². The Hall–Kier alpha value is 0.160. The van der Waals surface area contributed by atoms with Crippen molar-refractivity contribution in [3.05, 3.63) is 0 Å². The first-order valence-electron chi connectivity index (χ1n) is 6.21. The van der Waals surface area contributed by atoms with Crippen LogP contribution in [0.2, 0.25) is 0 Å². The SMILES string of the molecule is CC1CCCN(S(=O)(=O)NCC(Cl)C(C)C)C1. The van der Waals surface area contributed by atoms with E-state index in [4.69, 9.17) is 11.6 Å². The molecule has 0 saturated carbocycles. The molecule has 0 amide bonds. The molecule has 1 fully saturated rings. The summed E-state index contributed by atoms with van der Waals surface area (Å²) in [6, 6.07) is 0. The molecule has 0 aromatic carbocycles. The van der Waals surface area contributed by atoms with Crippen LogP contribution in [0.5, 0.6) is 0 Å². The van der Waals surface area contributed by atoms with Gasteiger partial charge < -0.3 is 0 Å². The number of alkyl halides is 1. The van der Waals surface area contributed by atoms with Crippen LogP contribution < -0.4 is 4.72 Å². The number of halogens is 1. The highest BCUT2D eigenvalue weighted by molar-refractivity contribution is 7.87. The molecule has 0 aromatic heterocycles. The van der Waals surface area contributed by atoms with Gasteiger partial charge in [0.15, 0.2) is 0 Å². The molecule has 1 heterocycles. The van der Waals surface area contributed by atoms with Crippen LogP contribution in [0.3, 0.4) is 0 Å². The van der Waals surface area contributed by atoms with E-state index in [1.807, 2.05) is 13.8 Å². The van der Waals surface area contributed by atoms with Crippen LogP contribution in [0.4, 0.5) is 0 Å². The molecule has 1 N–H and O–H groups in total. The van der Waals surface area contributed by atoms with Gasteiger partial charge in [-0.2, -0.15) is 12.7 Å². The van der Waals surface area contributed by atoms with Crippen molar-refractivity contribution >= 4 is 21.8 Å². The van der Waals surface area contributed by atoms with E-state index in [-0.39, 0.29) is 11.3 Å². The molecule has 6 heteroatoms. The van der Waals surface area contributed by atoms with E-state index in [1.54, 1.807) is 0 Å². The second-order valence-electron chi connectivity index (χ2n) is 5.22. The van der Waals surface area contributed by atoms with Gasteiger partial charge in [-0.15, -0.1) is 11.6 Å². The fraction of sp³-hybridized carbons (Fsp3) is 1.00. The first kappa shape index (κ1) is 15.2. The molecule has 1 rings (SSSR count). The minimum absolute atomic E-state index is 0.160. The van der Waals surface area contributed by atoms with Crippen LogP contribution in [-0.4, -0.2) is 37.7 Å². The molecular weight excluding hydrogens is 260 g/mol. The van der Waals surface area contributed by atoms with E-state index in [0.29, 0.717) is 25.6 Å². The average molecular weight is 283 g/mol. The Balaban J connectivity index is 2.50. The molecular formula is C11H23ClN2O2S. The zero-order valence-electron chi connectivity index (χ0n) is 10.8. The summed E-state index contributed by atoms with van der Waals surface area (Å²) in [7, 11) is -3.35. The number of hydrogen-bond acceptors (Lipinski definition) is 2. The molecule has 4 nitrogen and oxygen atoms in total. The molecule has 1 aliphatic heterocycles. The lowest BCUT2D eigenvalue weighted by Gasteiger charge is -2.30. The third kappa shape index (κ3) is 4.73. The van der Waals surface area contributed by atoms with Gasteiger partial charge in [-0.3, -0.25) is 0 Å². The molecule has 2 atom stereocenters. The van der Waals surface area contributed by atoms with E-state index in [1.165, 1.54) is 4.31 Å². The van der Waals surface area contributed by atoms with E-state index in [9.17, 15) is 8.42 Å². The summed E-state index contributed by atoms with van der Waals surface area (Å²) in [4.78, 5) is 0. The number of hydrogen-bond donors (Lipinski definition) is 1. The molecule has 0 bridgehead atoms. The zero-order chi connectivity index (χ0) is 13.1. The maximum atomic E-state index is 12.0. The largest absolute Gasteiger partial charge is 0.279 e. The summed E-state index contributed by atoms with van der Waals surface area (Å²) in [5.41, 5.74) is 0. The number of rotatable bonds is 5. The normalized spacial score (nSPS) is 25.1. The molecule has 2 unspecified atom stereocenters. The standard InChI is InChI=1S/C11H23ClN2O2S/c1-9(2)11(12)7-13-17(15,16)14-6-4-5-10(3)8-14/h9-11,13H,4-8H2,1-3H3. The van der Waals surface area contributed by atoms with Gasteiger partial charge in [-0.1, -0.05) is 20.8 Å². The molecule has 1 aliphatic rings. The highest BCUT2D eigenvalue weighted by Gasteiger charge is 2.27. The number of nitrogens with one attached hydrogen (secondary N) is 1. The topological polar surface area (TPSA) is 49.4 Å². The Morgan fingerprint density at radius 1 is 1.47 bits per heavy atom. The predicted octanol–water partition coefficient (Wildman–Crippen LogP) is 1.82. The Kier molecular flexibility index (Phi) is 5.70. The molecule has 1 saturated heterocycles. The van der Waals surface area contributed by atoms with Crippen LogP contribution in [0.15, 0.2) is 0 Å². The predicted molar refractivity (Wildman–Crippen MR) is 71.4 cm³/mol. The Bertz CT molecular complexity index is 332. The van der Waals surface area contributed by atoms with Crippen molar-refractivity contribution in [3.63, 3.8) is 0 Å². The van der Waals surface area contributed by atoms with Crippen molar-refractivity contribution in [1.29, 1.82) is 0 Å². The zero-order valence-corrected chi connectivity index (χ0v) is 12.4. The molecule has 0 radical (unpaired) electrons. The Morgan fingerprint density at radius 3 is 2.65 bits per heavy atom. The van der Waals surface area contributed by atoms with Crippen molar-refractivity contribution in [2.45, 2.75) is 39.0 Å². The minimum Gasteiger partial charge on any atom is -0.201 e. The lowest BCUT2D eigenvalue weighted by molar-refractivity contribution is 0.278. The Morgan fingerprint density at radius 2 is 2.12 bits per heavy atom. The summed E-state index contributed by atoms with van der Waals surface area (Å²) in [5.74, 6) is 0.705. The molecule has 0 aliphatic carbocycles. The first-order chi connectivity index (χ1) is 7.83. The van der Waals surface area contributed by atoms with E-state index in [0.717, 1.165) is 12.8 Å². The van der Waals surface area contributed by atoms with Gasteiger partial charge in [0.05, 0.1) is 0 Å². The fourth-order valence-electron chi connectivity index (χ4n) is 1.88. The summed E-state index contributed by atoms with van der Waals surface area (Å²) >= 11 is 6.04. The quantitative estimate of drug-likeness (QED) is 0.782. The summed E-state index contributed by atoms with van der Waals surface area (Å²) in [6.45, 7) is 7.58. The second-order valence-corrected chi connectivity index (χ2v) is 7.53. The summed E-state index contributed by atoms with van der Waals surface area (Å²) in [5, 5.41) is -0.160. The lowest BCUT2D eigenvalue weighted by Crippen LogP contribution is -2.47. The smallest absolute Gasteiger partial charge is 0.201 e. The van der Waals surface area contributed by atoms with Crippen LogP contribution in [0, 0.1) is 11.8 Å². The molecule has 17 heavy (non-hydrogen) atoms. The average Bonchev–Trinajstić information content (AvgIpc) is 2.26. The third-order valence-corrected chi connectivity index (χ3v) is 5.34. The monoisotopic (exact) mass is 282 g/mol. The number of piperidine rings is 1. The van der Waals surface area contributed by atoms with Crippen molar-refractivity contribution in [2.75, 3.05) is 19.6 Å². The first-order valence-corrected chi connectivity index (χ1v) is 8.09. The van der Waals surface area contributed by atoms with Crippen molar-refractivity contribution in [3.8, 4) is 0 Å². The van der Waals surface area contributed by atoms with E-state index in [2.05, 4.69) is 11.6 Å². The minimum atomic E-state index is -3.35. The Labute approximate surface area is 110 Å². The maximum Gasteiger partial charge on any atom is 0.279 e. The van der Waals surface area contributed by atoms with Crippen LogP contribution in [-0.2, 0) is 10.2 Å². The van der Waals surface area contributed by atoms with Gasteiger partial charge >= 0.3 is 0 Å². The number of nitrogens with zero attached hydrogens (tertiary/aromatic N) is 1. The highest BCUT2D eigenvalue weighted by Crippen LogP contribution is 2.18. The molecule has 0 aromatic rings. The van der Waals surface area contributed by atoms with E-state index >= 15 is 0 Å². The van der Waals surface area contributed by atoms with Gasteiger partial charge in [0.25, 0.3) is 10.2 Å². The molecule has 102 valence electrons. The fourth-order valence-corrected chi connectivity index (χ4v) is 3.44. The van der Waals surface area contributed by atoms with E-state index < -0.39 is 10.2 Å². The van der Waals surface area contributed by atoms with Crippen molar-refractivity contribution in [2.24, 2.45) is 11.8 Å². The van der Waals surface area contributed by atoms with Gasteiger partial charge in [0, 0.05) is 25.0 Å². The summed E-state index contributed by atoms with van der Waals surface area (Å²) < 4.78 is 28.2. The second kappa shape index (κ2) is 6.36. The van der Waals surface area contributed by atoms with Crippen molar-refractivity contribution < 1.29 is 8.42 Å². The van der Waals surface area contributed by atoms with Crippen LogP contribution >= 0.6 is 11.6 Å². The van der Waals surface area contributed by atoms with Crippen molar-refractivity contribution in [1.82, 2.24) is 9.03 Å². The molecule has 0 spiro atoms. The highest BCUT2D eigenvalue weighted by atomic mass is 35.5. The lowest BCUT2D eigenvalue weighted by atomic mass is 10.0. The van der Waals surface area contributed by atoms with Gasteiger partial charge in [-0.25, -0.2) is 4.72 Å².